The monoisotopic (exact) mass is 258 g/mol. The van der Waals surface area contributed by atoms with Gasteiger partial charge in [0.15, 0.2) is 0 Å². The molecule has 0 heterocycles. The summed E-state index contributed by atoms with van der Waals surface area (Å²) in [7, 11) is 0. The standard InChI is InChI=1S/C13H26N2O3/c1-9(2)5-6-12(17)15-8-13(18)14-7-11(16)10(3)4/h9-11,16H,5-8H2,1-4H3,(H,14,18)(H,15,17). The van der Waals surface area contributed by atoms with E-state index in [0.717, 1.165) is 6.42 Å². The third-order valence-electron chi connectivity index (χ3n) is 2.67. The Balaban J connectivity index is 3.67. The van der Waals surface area contributed by atoms with E-state index in [4.69, 9.17) is 0 Å². The number of aliphatic hydroxyl groups excluding tert-OH is 1. The predicted molar refractivity (Wildman–Crippen MR) is 70.9 cm³/mol. The molecule has 5 heteroatoms. The lowest BCUT2D eigenvalue weighted by Crippen LogP contribution is -2.41. The minimum absolute atomic E-state index is 0.0260. The summed E-state index contributed by atoms with van der Waals surface area (Å²) in [5, 5.41) is 14.6. The zero-order valence-corrected chi connectivity index (χ0v) is 11.8. The summed E-state index contributed by atoms with van der Waals surface area (Å²) in [6.07, 6.45) is 0.713. The highest BCUT2D eigenvalue weighted by Gasteiger charge is 2.11. The highest BCUT2D eigenvalue weighted by molar-refractivity contribution is 5.84. The minimum atomic E-state index is -0.550. The largest absolute Gasteiger partial charge is 0.391 e. The van der Waals surface area contributed by atoms with Crippen molar-refractivity contribution in [2.45, 2.75) is 46.6 Å². The van der Waals surface area contributed by atoms with Crippen LogP contribution in [-0.4, -0.2) is 36.1 Å². The molecule has 1 atom stereocenters. The lowest BCUT2D eigenvalue weighted by Gasteiger charge is -2.15. The summed E-state index contributed by atoms with van der Waals surface area (Å²) in [6, 6.07) is 0. The number of carbonyl (C=O) groups is 2. The van der Waals surface area contributed by atoms with E-state index in [1.807, 2.05) is 27.7 Å². The predicted octanol–water partition coefficient (Wildman–Crippen LogP) is 0.672. The van der Waals surface area contributed by atoms with Gasteiger partial charge >= 0.3 is 0 Å². The molecule has 0 radical (unpaired) electrons. The van der Waals surface area contributed by atoms with E-state index in [9.17, 15) is 14.7 Å². The zero-order chi connectivity index (χ0) is 14.1. The lowest BCUT2D eigenvalue weighted by atomic mass is 10.1. The Kier molecular flexibility index (Phi) is 8.37. The molecule has 5 nitrogen and oxygen atoms in total. The number of hydrogen-bond acceptors (Lipinski definition) is 3. The average molecular weight is 258 g/mol. The number of amides is 2. The molecule has 0 rings (SSSR count). The molecule has 0 aliphatic heterocycles. The summed E-state index contributed by atoms with van der Waals surface area (Å²) in [5.74, 6) is 0.201. The van der Waals surface area contributed by atoms with Gasteiger partial charge in [-0.15, -0.1) is 0 Å². The van der Waals surface area contributed by atoms with Crippen molar-refractivity contribution < 1.29 is 14.7 Å². The number of rotatable bonds is 8. The van der Waals surface area contributed by atoms with Crippen LogP contribution in [0.4, 0.5) is 0 Å². The molecular weight excluding hydrogens is 232 g/mol. The van der Waals surface area contributed by atoms with Crippen LogP contribution < -0.4 is 10.6 Å². The van der Waals surface area contributed by atoms with Crippen molar-refractivity contribution in [2.24, 2.45) is 11.8 Å². The van der Waals surface area contributed by atoms with Crippen molar-refractivity contribution in [3.8, 4) is 0 Å². The molecule has 0 fully saturated rings. The molecule has 3 N–H and O–H groups in total. The number of aliphatic hydroxyl groups is 1. The summed E-state index contributed by atoms with van der Waals surface area (Å²) >= 11 is 0. The summed E-state index contributed by atoms with van der Waals surface area (Å²) in [6.45, 7) is 8.05. The second kappa shape index (κ2) is 8.91. The molecule has 0 aliphatic carbocycles. The van der Waals surface area contributed by atoms with Gasteiger partial charge < -0.3 is 15.7 Å². The first kappa shape index (κ1) is 16.9. The fourth-order valence-electron chi connectivity index (χ4n) is 1.20. The van der Waals surface area contributed by atoms with E-state index in [2.05, 4.69) is 10.6 Å². The maximum absolute atomic E-state index is 11.4. The van der Waals surface area contributed by atoms with Gasteiger partial charge in [-0.1, -0.05) is 27.7 Å². The van der Waals surface area contributed by atoms with Crippen molar-refractivity contribution in [1.29, 1.82) is 0 Å². The Bertz CT molecular complexity index is 265. The zero-order valence-electron chi connectivity index (χ0n) is 11.8. The van der Waals surface area contributed by atoms with E-state index in [1.165, 1.54) is 0 Å². The highest BCUT2D eigenvalue weighted by atomic mass is 16.3. The second-order valence-electron chi connectivity index (χ2n) is 5.32. The Hall–Kier alpha value is -1.10. The third kappa shape index (κ3) is 8.98. The molecule has 0 aromatic rings. The molecule has 18 heavy (non-hydrogen) atoms. The quantitative estimate of drug-likeness (QED) is 0.599. The fourth-order valence-corrected chi connectivity index (χ4v) is 1.20. The van der Waals surface area contributed by atoms with Gasteiger partial charge in [0.2, 0.25) is 11.8 Å². The number of nitrogens with one attached hydrogen (secondary N) is 2. The summed E-state index contributed by atoms with van der Waals surface area (Å²) in [4.78, 5) is 22.7. The maximum atomic E-state index is 11.4. The Morgan fingerprint density at radius 2 is 1.67 bits per heavy atom. The van der Waals surface area contributed by atoms with Gasteiger partial charge in [0.25, 0.3) is 0 Å². The van der Waals surface area contributed by atoms with E-state index in [-0.39, 0.29) is 30.8 Å². The average Bonchev–Trinajstić information content (AvgIpc) is 2.30. The summed E-state index contributed by atoms with van der Waals surface area (Å²) in [5.41, 5.74) is 0. The number of carbonyl (C=O) groups excluding carboxylic acids is 2. The highest BCUT2D eigenvalue weighted by Crippen LogP contribution is 2.02. The first-order valence-electron chi connectivity index (χ1n) is 6.54. The second-order valence-corrected chi connectivity index (χ2v) is 5.32. The van der Waals surface area contributed by atoms with Crippen LogP contribution in [-0.2, 0) is 9.59 Å². The lowest BCUT2D eigenvalue weighted by molar-refractivity contribution is -0.126. The van der Waals surface area contributed by atoms with Gasteiger partial charge in [-0.05, 0) is 18.3 Å². The minimum Gasteiger partial charge on any atom is -0.391 e. The van der Waals surface area contributed by atoms with Crippen LogP contribution in [0.2, 0.25) is 0 Å². The van der Waals surface area contributed by atoms with E-state index in [0.29, 0.717) is 12.3 Å². The third-order valence-corrected chi connectivity index (χ3v) is 2.67. The van der Waals surface area contributed by atoms with E-state index in [1.54, 1.807) is 0 Å². The van der Waals surface area contributed by atoms with Crippen molar-refractivity contribution in [1.82, 2.24) is 10.6 Å². The van der Waals surface area contributed by atoms with Crippen LogP contribution in [0.1, 0.15) is 40.5 Å². The molecule has 0 aliphatic rings. The molecule has 0 aromatic carbocycles. The van der Waals surface area contributed by atoms with Gasteiger partial charge in [-0.2, -0.15) is 0 Å². The van der Waals surface area contributed by atoms with Crippen LogP contribution in [0.3, 0.4) is 0 Å². The SMILES string of the molecule is CC(C)CCC(=O)NCC(=O)NCC(O)C(C)C. The van der Waals surface area contributed by atoms with Crippen molar-refractivity contribution in [2.75, 3.05) is 13.1 Å². The molecule has 0 aromatic heterocycles. The molecule has 2 amide bonds. The molecule has 0 saturated carbocycles. The van der Waals surface area contributed by atoms with E-state index < -0.39 is 6.10 Å². The molecule has 1 unspecified atom stereocenters. The topological polar surface area (TPSA) is 78.4 Å². The Labute approximate surface area is 109 Å². The van der Waals surface area contributed by atoms with Crippen molar-refractivity contribution in [3.05, 3.63) is 0 Å². The van der Waals surface area contributed by atoms with Crippen LogP contribution in [0.15, 0.2) is 0 Å². The van der Waals surface area contributed by atoms with Gasteiger partial charge in [0.05, 0.1) is 12.6 Å². The van der Waals surface area contributed by atoms with Crippen LogP contribution >= 0.6 is 0 Å². The van der Waals surface area contributed by atoms with Crippen LogP contribution in [0.5, 0.6) is 0 Å². The molecular formula is C13H26N2O3. The number of hydrogen-bond donors (Lipinski definition) is 3. The fraction of sp³-hybridized carbons (Fsp3) is 0.846. The van der Waals surface area contributed by atoms with Crippen molar-refractivity contribution in [3.63, 3.8) is 0 Å². The summed E-state index contributed by atoms with van der Waals surface area (Å²) < 4.78 is 0. The van der Waals surface area contributed by atoms with Gasteiger partial charge in [-0.3, -0.25) is 9.59 Å². The molecule has 0 bridgehead atoms. The Morgan fingerprint density at radius 1 is 1.06 bits per heavy atom. The van der Waals surface area contributed by atoms with E-state index >= 15 is 0 Å². The maximum Gasteiger partial charge on any atom is 0.239 e. The van der Waals surface area contributed by atoms with Crippen LogP contribution in [0.25, 0.3) is 0 Å². The molecule has 0 saturated heterocycles. The normalized spacial score (nSPS) is 12.6. The first-order chi connectivity index (χ1) is 8.32. The van der Waals surface area contributed by atoms with Gasteiger partial charge in [0.1, 0.15) is 0 Å². The first-order valence-corrected chi connectivity index (χ1v) is 6.54. The molecule has 0 spiro atoms. The smallest absolute Gasteiger partial charge is 0.239 e. The van der Waals surface area contributed by atoms with Crippen molar-refractivity contribution >= 4 is 11.8 Å². The van der Waals surface area contributed by atoms with Gasteiger partial charge in [-0.25, -0.2) is 0 Å². The molecule has 106 valence electrons. The Morgan fingerprint density at radius 3 is 2.17 bits per heavy atom. The van der Waals surface area contributed by atoms with Gasteiger partial charge in [0, 0.05) is 13.0 Å². The van der Waals surface area contributed by atoms with Crippen LogP contribution in [0, 0.1) is 11.8 Å².